The summed E-state index contributed by atoms with van der Waals surface area (Å²) in [5.74, 6) is -1.74. The molecule has 0 bridgehead atoms. The van der Waals surface area contributed by atoms with Crippen molar-refractivity contribution < 1.29 is 19.4 Å². The predicted octanol–water partition coefficient (Wildman–Crippen LogP) is 2.32. The average Bonchev–Trinajstić information content (AvgIpc) is 2.92. The molecule has 1 fully saturated rings. The van der Waals surface area contributed by atoms with E-state index < -0.39 is 17.9 Å². The van der Waals surface area contributed by atoms with Crippen LogP contribution in [0.4, 0.5) is 0 Å². The lowest BCUT2D eigenvalue weighted by Gasteiger charge is -2.30. The number of carboxylic acids is 1. The Bertz CT molecular complexity index is 561. The summed E-state index contributed by atoms with van der Waals surface area (Å²) in [6.07, 6.45) is 0. The molecule has 0 spiro atoms. The number of carbonyl (C=O) groups is 2. The van der Waals surface area contributed by atoms with Crippen molar-refractivity contribution in [3.05, 3.63) is 33.8 Å². The third kappa shape index (κ3) is 3.11. The standard InChI is InChI=1S/C15H18BrNO4/c1-3-17(13-8-21-7-11(13)15(19)20)14(18)10-5-4-6-12(16)9(10)2/h4-6,11,13H,3,7-8H2,1-2H3,(H,19,20). The summed E-state index contributed by atoms with van der Waals surface area (Å²) in [5.41, 5.74) is 1.44. The zero-order valence-corrected chi connectivity index (χ0v) is 13.6. The zero-order chi connectivity index (χ0) is 15.6. The zero-order valence-electron chi connectivity index (χ0n) is 12.0. The number of aliphatic carboxylic acids is 1. The van der Waals surface area contributed by atoms with Crippen molar-refractivity contribution in [3.8, 4) is 0 Å². The van der Waals surface area contributed by atoms with Crippen LogP contribution in [0, 0.1) is 12.8 Å². The molecule has 1 N–H and O–H groups in total. The molecule has 0 aromatic heterocycles. The van der Waals surface area contributed by atoms with E-state index >= 15 is 0 Å². The van der Waals surface area contributed by atoms with Gasteiger partial charge < -0.3 is 14.7 Å². The molecule has 0 aliphatic carbocycles. The Labute approximate surface area is 132 Å². The number of rotatable bonds is 4. The summed E-state index contributed by atoms with van der Waals surface area (Å²) in [4.78, 5) is 25.6. The molecule has 0 saturated carbocycles. The number of likely N-dealkylation sites (N-methyl/N-ethyl adjacent to an activating group) is 1. The number of carboxylic acid groups (broad SMARTS) is 1. The van der Waals surface area contributed by atoms with E-state index in [0.717, 1.165) is 10.0 Å². The summed E-state index contributed by atoms with van der Waals surface area (Å²) in [5, 5.41) is 9.25. The van der Waals surface area contributed by atoms with Gasteiger partial charge in [-0.2, -0.15) is 0 Å². The molecule has 5 nitrogen and oxygen atoms in total. The first-order valence-electron chi connectivity index (χ1n) is 6.84. The molecular formula is C15H18BrNO4. The summed E-state index contributed by atoms with van der Waals surface area (Å²) >= 11 is 3.41. The van der Waals surface area contributed by atoms with E-state index in [2.05, 4.69) is 15.9 Å². The molecule has 1 heterocycles. The van der Waals surface area contributed by atoms with E-state index in [-0.39, 0.29) is 19.1 Å². The second kappa shape index (κ2) is 6.58. The van der Waals surface area contributed by atoms with E-state index in [4.69, 9.17) is 4.74 Å². The Morgan fingerprint density at radius 3 is 2.76 bits per heavy atom. The number of halogens is 1. The van der Waals surface area contributed by atoms with Crippen molar-refractivity contribution >= 4 is 27.8 Å². The molecule has 1 aromatic rings. The van der Waals surface area contributed by atoms with Crippen molar-refractivity contribution in [1.82, 2.24) is 4.90 Å². The number of benzene rings is 1. The number of hydrogen-bond donors (Lipinski definition) is 1. The lowest BCUT2D eigenvalue weighted by Crippen LogP contribution is -2.46. The van der Waals surface area contributed by atoms with Crippen molar-refractivity contribution in [2.45, 2.75) is 19.9 Å². The molecule has 1 aliphatic heterocycles. The highest BCUT2D eigenvalue weighted by molar-refractivity contribution is 9.10. The SMILES string of the molecule is CCN(C(=O)c1cccc(Br)c1C)C1COCC1C(=O)O. The molecule has 1 saturated heterocycles. The van der Waals surface area contributed by atoms with Gasteiger partial charge in [0.2, 0.25) is 0 Å². The minimum absolute atomic E-state index is 0.154. The first-order chi connectivity index (χ1) is 9.97. The van der Waals surface area contributed by atoms with Crippen LogP contribution in [0.25, 0.3) is 0 Å². The summed E-state index contributed by atoms with van der Waals surface area (Å²) in [6.45, 7) is 4.58. The van der Waals surface area contributed by atoms with Gasteiger partial charge in [0.1, 0.15) is 5.92 Å². The second-order valence-electron chi connectivity index (χ2n) is 5.05. The molecule has 21 heavy (non-hydrogen) atoms. The van der Waals surface area contributed by atoms with Gasteiger partial charge in [-0.25, -0.2) is 0 Å². The highest BCUT2D eigenvalue weighted by Gasteiger charge is 2.39. The van der Waals surface area contributed by atoms with E-state index in [1.807, 2.05) is 19.9 Å². The first-order valence-corrected chi connectivity index (χ1v) is 7.63. The molecule has 6 heteroatoms. The van der Waals surface area contributed by atoms with E-state index in [0.29, 0.717) is 12.1 Å². The van der Waals surface area contributed by atoms with Crippen LogP contribution in [0.2, 0.25) is 0 Å². The van der Waals surface area contributed by atoms with Gasteiger partial charge in [0.15, 0.2) is 0 Å². The van der Waals surface area contributed by atoms with E-state index in [1.165, 1.54) is 0 Å². The smallest absolute Gasteiger partial charge is 0.311 e. The van der Waals surface area contributed by atoms with Gasteiger partial charge in [0, 0.05) is 16.6 Å². The summed E-state index contributed by atoms with van der Waals surface area (Å²) in [7, 11) is 0. The third-order valence-electron chi connectivity index (χ3n) is 3.87. The van der Waals surface area contributed by atoms with E-state index in [1.54, 1.807) is 17.0 Å². The molecule has 0 radical (unpaired) electrons. The largest absolute Gasteiger partial charge is 0.481 e. The fourth-order valence-electron chi connectivity index (χ4n) is 2.61. The fraction of sp³-hybridized carbons (Fsp3) is 0.467. The molecule has 114 valence electrons. The van der Waals surface area contributed by atoms with Gasteiger partial charge in [-0.3, -0.25) is 9.59 Å². The molecular weight excluding hydrogens is 338 g/mol. The Morgan fingerprint density at radius 1 is 1.43 bits per heavy atom. The van der Waals surface area contributed by atoms with Crippen molar-refractivity contribution in [1.29, 1.82) is 0 Å². The van der Waals surface area contributed by atoms with Crippen LogP contribution in [0.1, 0.15) is 22.8 Å². The van der Waals surface area contributed by atoms with Crippen LogP contribution in [0.15, 0.2) is 22.7 Å². The number of hydrogen-bond acceptors (Lipinski definition) is 3. The highest BCUT2D eigenvalue weighted by Crippen LogP contribution is 2.25. The third-order valence-corrected chi connectivity index (χ3v) is 4.73. The van der Waals surface area contributed by atoms with Gasteiger partial charge in [0.05, 0.1) is 19.3 Å². The maximum absolute atomic E-state index is 12.8. The Balaban J connectivity index is 2.30. The van der Waals surface area contributed by atoms with Crippen LogP contribution in [-0.4, -0.2) is 47.7 Å². The molecule has 1 amide bonds. The number of carbonyl (C=O) groups excluding carboxylic acids is 1. The average molecular weight is 356 g/mol. The normalized spacial score (nSPS) is 21.3. The highest BCUT2D eigenvalue weighted by atomic mass is 79.9. The van der Waals surface area contributed by atoms with Crippen LogP contribution in [0.5, 0.6) is 0 Å². The lowest BCUT2D eigenvalue weighted by atomic mass is 10.00. The topological polar surface area (TPSA) is 66.8 Å². The Morgan fingerprint density at radius 2 is 2.14 bits per heavy atom. The Kier molecular flexibility index (Phi) is 5.00. The predicted molar refractivity (Wildman–Crippen MR) is 81.3 cm³/mol. The maximum Gasteiger partial charge on any atom is 0.311 e. The molecule has 2 atom stereocenters. The van der Waals surface area contributed by atoms with Crippen LogP contribution in [-0.2, 0) is 9.53 Å². The first kappa shape index (κ1) is 16.0. The fourth-order valence-corrected chi connectivity index (χ4v) is 2.97. The molecule has 1 aromatic carbocycles. The Hall–Kier alpha value is -1.40. The number of amides is 1. The van der Waals surface area contributed by atoms with Crippen molar-refractivity contribution in [2.24, 2.45) is 5.92 Å². The van der Waals surface area contributed by atoms with Crippen LogP contribution < -0.4 is 0 Å². The minimum atomic E-state index is -0.922. The second-order valence-corrected chi connectivity index (χ2v) is 5.91. The quantitative estimate of drug-likeness (QED) is 0.899. The van der Waals surface area contributed by atoms with Gasteiger partial charge in [-0.05, 0) is 31.5 Å². The monoisotopic (exact) mass is 355 g/mol. The summed E-state index contributed by atoms with van der Waals surface area (Å²) < 4.78 is 6.13. The molecule has 2 rings (SSSR count). The summed E-state index contributed by atoms with van der Waals surface area (Å²) in [6, 6.07) is 5.02. The molecule has 1 aliphatic rings. The number of ether oxygens (including phenoxy) is 1. The minimum Gasteiger partial charge on any atom is -0.481 e. The van der Waals surface area contributed by atoms with Gasteiger partial charge in [0.25, 0.3) is 5.91 Å². The van der Waals surface area contributed by atoms with Crippen LogP contribution in [0.3, 0.4) is 0 Å². The molecule has 2 unspecified atom stereocenters. The lowest BCUT2D eigenvalue weighted by molar-refractivity contribution is -0.142. The van der Waals surface area contributed by atoms with Crippen molar-refractivity contribution in [3.63, 3.8) is 0 Å². The van der Waals surface area contributed by atoms with E-state index in [9.17, 15) is 14.7 Å². The van der Waals surface area contributed by atoms with Crippen molar-refractivity contribution in [2.75, 3.05) is 19.8 Å². The maximum atomic E-state index is 12.8. The number of nitrogens with zero attached hydrogens (tertiary/aromatic N) is 1. The van der Waals surface area contributed by atoms with Gasteiger partial charge in [-0.1, -0.05) is 22.0 Å². The van der Waals surface area contributed by atoms with Gasteiger partial charge in [-0.15, -0.1) is 0 Å². The van der Waals surface area contributed by atoms with Gasteiger partial charge >= 0.3 is 5.97 Å². The van der Waals surface area contributed by atoms with Crippen LogP contribution >= 0.6 is 15.9 Å².